The molecule has 0 radical (unpaired) electrons. The Hall–Kier alpha value is -1.08. The highest BCUT2D eigenvalue weighted by molar-refractivity contribution is 7.89. The molecular formula is C6H11N3O3S. The molecule has 7 heteroatoms. The average Bonchev–Trinajstić information content (AvgIpc) is 2.31. The molecule has 74 valence electrons. The number of nitrogens with zero attached hydrogens (tertiary/aromatic N) is 2. The van der Waals surface area contributed by atoms with E-state index in [-0.39, 0.29) is 11.3 Å². The molecule has 1 rings (SSSR count). The molecule has 0 aromatic carbocycles. The van der Waals surface area contributed by atoms with Gasteiger partial charge in [-0.15, -0.1) is 0 Å². The quantitative estimate of drug-likeness (QED) is 0.711. The standard InChI is InChI=1S/C6H11N3O3S/c1-5(2)12-9-4-3-8-6(9)13(7,10)11/h3-5H,1-2H3,(H2,7,10,11). The van der Waals surface area contributed by atoms with E-state index in [0.717, 1.165) is 4.73 Å². The second-order valence-corrected chi connectivity index (χ2v) is 4.19. The molecule has 0 unspecified atom stereocenters. The summed E-state index contributed by atoms with van der Waals surface area (Å²) in [5.41, 5.74) is 0. The lowest BCUT2D eigenvalue weighted by Gasteiger charge is -2.10. The van der Waals surface area contributed by atoms with Crippen LogP contribution in [0.15, 0.2) is 17.6 Å². The van der Waals surface area contributed by atoms with Gasteiger partial charge in [0.05, 0.1) is 12.4 Å². The monoisotopic (exact) mass is 205 g/mol. The average molecular weight is 205 g/mol. The Labute approximate surface area is 76.3 Å². The van der Waals surface area contributed by atoms with Crippen molar-refractivity contribution in [3.05, 3.63) is 12.4 Å². The van der Waals surface area contributed by atoms with Crippen LogP contribution in [0.4, 0.5) is 0 Å². The van der Waals surface area contributed by atoms with Gasteiger partial charge < -0.3 is 4.84 Å². The van der Waals surface area contributed by atoms with E-state index in [1.54, 1.807) is 13.8 Å². The molecular weight excluding hydrogens is 194 g/mol. The van der Waals surface area contributed by atoms with Crippen LogP contribution >= 0.6 is 0 Å². The van der Waals surface area contributed by atoms with Crippen molar-refractivity contribution in [2.45, 2.75) is 25.1 Å². The van der Waals surface area contributed by atoms with Crippen molar-refractivity contribution in [2.24, 2.45) is 5.14 Å². The third kappa shape index (κ3) is 2.43. The lowest BCUT2D eigenvalue weighted by Crippen LogP contribution is -2.25. The number of nitrogens with two attached hydrogens (primary N) is 1. The number of sulfonamides is 1. The molecule has 0 aliphatic heterocycles. The normalized spacial score (nSPS) is 12.0. The summed E-state index contributed by atoms with van der Waals surface area (Å²) in [7, 11) is -3.81. The van der Waals surface area contributed by atoms with Crippen LogP contribution in [0.1, 0.15) is 13.8 Å². The summed E-state index contributed by atoms with van der Waals surface area (Å²) < 4.78 is 22.9. The summed E-state index contributed by atoms with van der Waals surface area (Å²) in [6, 6.07) is 0. The van der Waals surface area contributed by atoms with Gasteiger partial charge in [0.25, 0.3) is 15.2 Å². The van der Waals surface area contributed by atoms with Gasteiger partial charge in [0.15, 0.2) is 0 Å². The van der Waals surface area contributed by atoms with Crippen molar-refractivity contribution in [1.82, 2.24) is 9.71 Å². The highest BCUT2D eigenvalue weighted by atomic mass is 32.2. The third-order valence-electron chi connectivity index (χ3n) is 1.15. The Morgan fingerprint density at radius 3 is 2.69 bits per heavy atom. The SMILES string of the molecule is CC(C)On1ccnc1S(N)(=O)=O. The van der Waals surface area contributed by atoms with Crippen molar-refractivity contribution < 1.29 is 13.3 Å². The van der Waals surface area contributed by atoms with Crippen LogP contribution in [-0.4, -0.2) is 24.2 Å². The summed E-state index contributed by atoms with van der Waals surface area (Å²) in [6.07, 6.45) is 2.55. The second-order valence-electron chi connectivity index (χ2n) is 2.73. The molecule has 0 fully saturated rings. The molecule has 0 aliphatic carbocycles. The molecule has 0 atom stereocenters. The maximum atomic E-state index is 10.9. The number of primary sulfonamides is 1. The number of hydrogen-bond donors (Lipinski definition) is 1. The van der Waals surface area contributed by atoms with Gasteiger partial charge in [0.1, 0.15) is 6.10 Å². The molecule has 1 heterocycles. The van der Waals surface area contributed by atoms with Crippen LogP contribution in [0.25, 0.3) is 0 Å². The first kappa shape index (κ1) is 10.0. The topological polar surface area (TPSA) is 87.2 Å². The van der Waals surface area contributed by atoms with Crippen LogP contribution < -0.4 is 9.98 Å². The van der Waals surface area contributed by atoms with Crippen molar-refractivity contribution in [1.29, 1.82) is 0 Å². The first-order chi connectivity index (χ1) is 5.91. The number of hydrogen-bond acceptors (Lipinski definition) is 4. The third-order valence-corrected chi connectivity index (χ3v) is 1.95. The second kappa shape index (κ2) is 3.35. The molecule has 2 N–H and O–H groups in total. The first-order valence-electron chi connectivity index (χ1n) is 3.64. The fraction of sp³-hybridized carbons (Fsp3) is 0.500. The van der Waals surface area contributed by atoms with Gasteiger partial charge in [0, 0.05) is 0 Å². The molecule has 0 saturated heterocycles. The molecule has 1 aromatic heterocycles. The number of imidazole rings is 1. The molecule has 13 heavy (non-hydrogen) atoms. The summed E-state index contributed by atoms with van der Waals surface area (Å²) in [4.78, 5) is 8.67. The highest BCUT2D eigenvalue weighted by Gasteiger charge is 2.16. The maximum Gasteiger partial charge on any atom is 0.276 e. The molecule has 0 saturated carbocycles. The predicted molar refractivity (Wildman–Crippen MR) is 45.3 cm³/mol. The minimum Gasteiger partial charge on any atom is -0.409 e. The van der Waals surface area contributed by atoms with Gasteiger partial charge >= 0.3 is 0 Å². The van der Waals surface area contributed by atoms with E-state index >= 15 is 0 Å². The molecule has 0 amide bonds. The van der Waals surface area contributed by atoms with Gasteiger partial charge in [-0.1, -0.05) is 0 Å². The lowest BCUT2D eigenvalue weighted by atomic mass is 10.5. The van der Waals surface area contributed by atoms with Crippen molar-refractivity contribution in [2.75, 3.05) is 0 Å². The summed E-state index contributed by atoms with van der Waals surface area (Å²) in [5, 5.41) is 4.60. The molecule has 0 bridgehead atoms. The van der Waals surface area contributed by atoms with Crippen molar-refractivity contribution >= 4 is 10.0 Å². The van der Waals surface area contributed by atoms with Gasteiger partial charge in [-0.2, -0.15) is 4.73 Å². The summed E-state index contributed by atoms with van der Waals surface area (Å²) >= 11 is 0. The molecule has 6 nitrogen and oxygen atoms in total. The fourth-order valence-corrected chi connectivity index (χ4v) is 1.35. The zero-order valence-corrected chi connectivity index (χ0v) is 8.15. The Balaban J connectivity index is 3.04. The number of rotatable bonds is 3. The van der Waals surface area contributed by atoms with E-state index < -0.39 is 10.0 Å². The van der Waals surface area contributed by atoms with Gasteiger partial charge in [0.2, 0.25) is 0 Å². The largest absolute Gasteiger partial charge is 0.409 e. The van der Waals surface area contributed by atoms with Crippen LogP contribution in [0.3, 0.4) is 0 Å². The molecule has 1 aromatic rings. The van der Waals surface area contributed by atoms with Crippen LogP contribution in [0.5, 0.6) is 0 Å². The first-order valence-corrected chi connectivity index (χ1v) is 5.19. The lowest BCUT2D eigenvalue weighted by molar-refractivity contribution is 0.0424. The fourth-order valence-electron chi connectivity index (χ4n) is 0.785. The van der Waals surface area contributed by atoms with Crippen LogP contribution in [0.2, 0.25) is 0 Å². The van der Waals surface area contributed by atoms with Crippen LogP contribution in [-0.2, 0) is 10.0 Å². The van der Waals surface area contributed by atoms with E-state index in [4.69, 9.17) is 9.98 Å². The van der Waals surface area contributed by atoms with Gasteiger partial charge in [-0.3, -0.25) is 0 Å². The maximum absolute atomic E-state index is 10.9. The highest BCUT2D eigenvalue weighted by Crippen LogP contribution is 2.02. The smallest absolute Gasteiger partial charge is 0.276 e. The minimum atomic E-state index is -3.81. The van der Waals surface area contributed by atoms with Gasteiger partial charge in [-0.25, -0.2) is 18.5 Å². The van der Waals surface area contributed by atoms with Crippen molar-refractivity contribution in [3.8, 4) is 0 Å². The van der Waals surface area contributed by atoms with E-state index in [1.165, 1.54) is 12.4 Å². The van der Waals surface area contributed by atoms with Crippen molar-refractivity contribution in [3.63, 3.8) is 0 Å². The summed E-state index contributed by atoms with van der Waals surface area (Å²) in [5.74, 6) is 0. The zero-order valence-electron chi connectivity index (χ0n) is 7.34. The number of aromatic nitrogens is 2. The van der Waals surface area contributed by atoms with E-state index in [1.807, 2.05) is 0 Å². The zero-order chi connectivity index (χ0) is 10.1. The Morgan fingerprint density at radius 1 is 1.62 bits per heavy atom. The van der Waals surface area contributed by atoms with E-state index in [2.05, 4.69) is 4.98 Å². The molecule has 0 aliphatic rings. The van der Waals surface area contributed by atoms with E-state index in [9.17, 15) is 8.42 Å². The predicted octanol–water partition coefficient (Wildman–Crippen LogP) is -0.632. The minimum absolute atomic E-state index is 0.144. The Morgan fingerprint density at radius 2 is 2.23 bits per heavy atom. The molecule has 0 spiro atoms. The van der Waals surface area contributed by atoms with Crippen LogP contribution in [0, 0.1) is 0 Å². The van der Waals surface area contributed by atoms with E-state index in [0.29, 0.717) is 0 Å². The Bertz CT molecular complexity index is 382. The Kier molecular flexibility index (Phi) is 2.58. The van der Waals surface area contributed by atoms with Gasteiger partial charge in [-0.05, 0) is 13.8 Å². The summed E-state index contributed by atoms with van der Waals surface area (Å²) in [6.45, 7) is 3.54.